The Morgan fingerprint density at radius 1 is 0.636 bits per heavy atom. The zero-order valence-electron chi connectivity index (χ0n) is 19.0. The highest BCUT2D eigenvalue weighted by Crippen LogP contribution is 2.12. The molecule has 2 rings (SSSR count). The van der Waals surface area contributed by atoms with Crippen LogP contribution in [0.25, 0.3) is 0 Å². The van der Waals surface area contributed by atoms with Crippen molar-refractivity contribution in [3.05, 3.63) is 68.6 Å². The molecule has 0 saturated heterocycles. The number of amides is 2. The number of carbonyl (C=O) groups excluding carboxylic acids is 2. The standard InChI is InChI=1S/C25H30Br2N4O2/c1-18(20-10-14-22(26)15-11-20)28-30-24(32)8-6-4-3-5-7-9-25(33)31-29-19(2)21-12-16-23(27)17-13-21/h10-17H,3-9H2,1-2H3,(H,30,32)(H,31,33)/b28-18-,29-19+. The average molecular weight is 578 g/mol. The molecule has 2 aromatic carbocycles. The third kappa shape index (κ3) is 10.9. The Hall–Kier alpha value is -2.32. The van der Waals surface area contributed by atoms with Crippen molar-refractivity contribution in [3.63, 3.8) is 0 Å². The summed E-state index contributed by atoms with van der Waals surface area (Å²) in [5, 5.41) is 8.34. The van der Waals surface area contributed by atoms with Crippen LogP contribution in [0, 0.1) is 0 Å². The first-order valence-corrected chi connectivity index (χ1v) is 12.6. The fraction of sp³-hybridized carbons (Fsp3) is 0.360. The summed E-state index contributed by atoms with van der Waals surface area (Å²) in [6.45, 7) is 3.74. The van der Waals surface area contributed by atoms with E-state index in [0.29, 0.717) is 12.8 Å². The molecular weight excluding hydrogens is 548 g/mol. The maximum atomic E-state index is 12.0. The van der Waals surface area contributed by atoms with Crippen molar-refractivity contribution in [2.75, 3.05) is 0 Å². The normalized spacial score (nSPS) is 11.9. The highest BCUT2D eigenvalue weighted by molar-refractivity contribution is 9.10. The van der Waals surface area contributed by atoms with E-state index in [0.717, 1.165) is 63.6 Å². The minimum atomic E-state index is -0.0788. The second-order valence-electron chi connectivity index (χ2n) is 7.75. The molecular formula is C25H30Br2N4O2. The van der Waals surface area contributed by atoms with Crippen molar-refractivity contribution in [3.8, 4) is 0 Å². The Kier molecular flexibility index (Phi) is 12.0. The predicted molar refractivity (Wildman–Crippen MR) is 141 cm³/mol. The monoisotopic (exact) mass is 576 g/mol. The molecule has 0 aromatic heterocycles. The Balaban J connectivity index is 1.53. The van der Waals surface area contributed by atoms with E-state index >= 15 is 0 Å². The van der Waals surface area contributed by atoms with Crippen LogP contribution >= 0.6 is 31.9 Å². The fourth-order valence-electron chi connectivity index (χ4n) is 3.02. The van der Waals surface area contributed by atoms with Gasteiger partial charge in [-0.3, -0.25) is 9.59 Å². The number of nitrogens with one attached hydrogen (secondary N) is 2. The molecule has 2 N–H and O–H groups in total. The van der Waals surface area contributed by atoms with E-state index in [4.69, 9.17) is 0 Å². The number of hydrogen-bond donors (Lipinski definition) is 2. The summed E-state index contributed by atoms with van der Waals surface area (Å²) in [6.07, 6.45) is 5.39. The predicted octanol–water partition coefficient (Wildman–Crippen LogP) is 6.32. The molecule has 176 valence electrons. The molecule has 0 unspecified atom stereocenters. The molecule has 0 spiro atoms. The van der Waals surface area contributed by atoms with Gasteiger partial charge in [-0.2, -0.15) is 10.2 Å². The Labute approximate surface area is 212 Å². The van der Waals surface area contributed by atoms with Gasteiger partial charge in [0.1, 0.15) is 0 Å². The summed E-state index contributed by atoms with van der Waals surface area (Å²) in [7, 11) is 0. The van der Waals surface area contributed by atoms with Crippen LogP contribution in [0.2, 0.25) is 0 Å². The maximum Gasteiger partial charge on any atom is 0.240 e. The number of hydrogen-bond acceptors (Lipinski definition) is 4. The van der Waals surface area contributed by atoms with Crippen LogP contribution in [0.15, 0.2) is 67.7 Å². The van der Waals surface area contributed by atoms with Crippen molar-refractivity contribution in [1.29, 1.82) is 0 Å². The summed E-state index contributed by atoms with van der Waals surface area (Å²) >= 11 is 6.80. The molecule has 33 heavy (non-hydrogen) atoms. The quantitative estimate of drug-likeness (QED) is 0.176. The number of nitrogens with zero attached hydrogens (tertiary/aromatic N) is 2. The lowest BCUT2D eigenvalue weighted by atomic mass is 10.1. The molecule has 8 heteroatoms. The summed E-state index contributed by atoms with van der Waals surface area (Å²) < 4.78 is 2.01. The van der Waals surface area contributed by atoms with Gasteiger partial charge >= 0.3 is 0 Å². The number of rotatable bonds is 12. The highest BCUT2D eigenvalue weighted by atomic mass is 79.9. The van der Waals surface area contributed by atoms with E-state index in [2.05, 4.69) is 52.9 Å². The topological polar surface area (TPSA) is 82.9 Å². The summed E-state index contributed by atoms with van der Waals surface area (Å²) in [5.41, 5.74) is 8.72. The first-order chi connectivity index (χ1) is 15.8. The molecule has 0 aliphatic rings. The number of benzene rings is 2. The average Bonchev–Trinajstić information content (AvgIpc) is 2.81. The fourth-order valence-corrected chi connectivity index (χ4v) is 3.55. The zero-order chi connectivity index (χ0) is 24.1. The third-order valence-electron chi connectivity index (χ3n) is 5.03. The van der Waals surface area contributed by atoms with Gasteiger partial charge in [-0.25, -0.2) is 10.9 Å². The van der Waals surface area contributed by atoms with Crippen molar-refractivity contribution < 1.29 is 9.59 Å². The van der Waals surface area contributed by atoms with Gasteiger partial charge in [-0.15, -0.1) is 0 Å². The van der Waals surface area contributed by atoms with Crippen molar-refractivity contribution >= 4 is 55.1 Å². The van der Waals surface area contributed by atoms with Crippen molar-refractivity contribution in [1.82, 2.24) is 10.9 Å². The largest absolute Gasteiger partial charge is 0.273 e. The molecule has 0 fully saturated rings. The molecule has 0 saturated carbocycles. The smallest absolute Gasteiger partial charge is 0.240 e. The molecule has 6 nitrogen and oxygen atoms in total. The molecule has 0 bridgehead atoms. The highest BCUT2D eigenvalue weighted by Gasteiger charge is 2.04. The van der Waals surface area contributed by atoms with E-state index in [9.17, 15) is 9.59 Å². The van der Waals surface area contributed by atoms with Crippen LogP contribution in [0.1, 0.15) is 69.9 Å². The van der Waals surface area contributed by atoms with Gasteiger partial charge in [0.15, 0.2) is 0 Å². The third-order valence-corrected chi connectivity index (χ3v) is 6.09. The first-order valence-electron chi connectivity index (χ1n) is 11.0. The van der Waals surface area contributed by atoms with Crippen LogP contribution < -0.4 is 10.9 Å². The number of carbonyl (C=O) groups is 2. The maximum absolute atomic E-state index is 12.0. The minimum Gasteiger partial charge on any atom is -0.273 e. The van der Waals surface area contributed by atoms with Crippen molar-refractivity contribution in [2.45, 2.75) is 58.8 Å². The van der Waals surface area contributed by atoms with Crippen LogP contribution in [-0.4, -0.2) is 23.2 Å². The lowest BCUT2D eigenvalue weighted by Gasteiger charge is -2.04. The van der Waals surface area contributed by atoms with Gasteiger partial charge < -0.3 is 0 Å². The van der Waals surface area contributed by atoms with Crippen LogP contribution in [0.5, 0.6) is 0 Å². The van der Waals surface area contributed by atoms with E-state index in [-0.39, 0.29) is 11.8 Å². The molecule has 2 amide bonds. The SMILES string of the molecule is C/C(=N/NC(=O)CCCCCCCC(=O)N/N=C(\C)c1ccc(Br)cc1)c1ccc(Br)cc1. The second kappa shape index (κ2) is 14.8. The van der Waals surface area contributed by atoms with Crippen molar-refractivity contribution in [2.24, 2.45) is 10.2 Å². The van der Waals surface area contributed by atoms with E-state index in [1.54, 1.807) is 0 Å². The Morgan fingerprint density at radius 3 is 1.33 bits per heavy atom. The lowest BCUT2D eigenvalue weighted by Crippen LogP contribution is -2.19. The summed E-state index contributed by atoms with van der Waals surface area (Å²) in [5.74, 6) is -0.158. The molecule has 0 atom stereocenters. The van der Waals surface area contributed by atoms with Gasteiger partial charge in [0.2, 0.25) is 11.8 Å². The Bertz CT molecular complexity index is 891. The van der Waals surface area contributed by atoms with Crippen LogP contribution in [0.3, 0.4) is 0 Å². The summed E-state index contributed by atoms with van der Waals surface area (Å²) in [4.78, 5) is 23.9. The van der Waals surface area contributed by atoms with Gasteiger partial charge in [0, 0.05) is 21.8 Å². The molecule has 0 aliphatic carbocycles. The second-order valence-corrected chi connectivity index (χ2v) is 9.58. The first kappa shape index (κ1) is 26.9. The van der Waals surface area contributed by atoms with Gasteiger partial charge in [-0.1, -0.05) is 75.4 Å². The summed E-state index contributed by atoms with van der Waals surface area (Å²) in [6, 6.07) is 15.6. The van der Waals surface area contributed by atoms with E-state index < -0.39 is 0 Å². The zero-order valence-corrected chi connectivity index (χ0v) is 22.2. The molecule has 0 aliphatic heterocycles. The minimum absolute atomic E-state index is 0.0788. The van der Waals surface area contributed by atoms with E-state index in [1.807, 2.05) is 62.4 Å². The number of unbranched alkanes of at least 4 members (excludes halogenated alkanes) is 4. The van der Waals surface area contributed by atoms with Gasteiger partial charge in [0.25, 0.3) is 0 Å². The van der Waals surface area contributed by atoms with Crippen LogP contribution in [0.4, 0.5) is 0 Å². The molecule has 2 aromatic rings. The lowest BCUT2D eigenvalue weighted by molar-refractivity contribution is -0.121. The number of hydrazone groups is 2. The Morgan fingerprint density at radius 2 is 0.970 bits per heavy atom. The van der Waals surface area contributed by atoms with Gasteiger partial charge in [-0.05, 0) is 62.1 Å². The van der Waals surface area contributed by atoms with Gasteiger partial charge in [0.05, 0.1) is 11.4 Å². The molecule has 0 radical (unpaired) electrons. The van der Waals surface area contributed by atoms with E-state index in [1.165, 1.54) is 0 Å². The molecule has 0 heterocycles. The van der Waals surface area contributed by atoms with Crippen LogP contribution in [-0.2, 0) is 9.59 Å². The number of halogens is 2.